The van der Waals surface area contributed by atoms with Crippen LogP contribution < -0.4 is 11.1 Å². The highest BCUT2D eigenvalue weighted by Crippen LogP contribution is 2.19. The van der Waals surface area contributed by atoms with E-state index in [1.165, 1.54) is 0 Å². The van der Waals surface area contributed by atoms with Gasteiger partial charge in [0.25, 0.3) is 0 Å². The second-order valence-electron chi connectivity index (χ2n) is 5.63. The monoisotopic (exact) mass is 285 g/mol. The minimum atomic E-state index is -0.852. The van der Waals surface area contributed by atoms with E-state index in [0.717, 1.165) is 12.8 Å². The maximum atomic E-state index is 12.1. The van der Waals surface area contributed by atoms with Crippen LogP contribution in [0, 0.1) is 11.8 Å². The van der Waals surface area contributed by atoms with Gasteiger partial charge in [-0.25, -0.2) is 4.79 Å². The molecule has 1 rings (SSSR count). The minimum absolute atomic E-state index is 0.0296. The van der Waals surface area contributed by atoms with Crippen LogP contribution in [0.1, 0.15) is 33.1 Å². The van der Waals surface area contributed by atoms with Crippen LogP contribution in [-0.2, 0) is 9.59 Å². The summed E-state index contributed by atoms with van der Waals surface area (Å²) in [6.07, 6.45) is 1.64. The van der Waals surface area contributed by atoms with Gasteiger partial charge in [0.2, 0.25) is 5.91 Å². The summed E-state index contributed by atoms with van der Waals surface area (Å²) in [7, 11) is 0. The van der Waals surface area contributed by atoms with Crippen molar-refractivity contribution in [2.24, 2.45) is 17.6 Å². The van der Waals surface area contributed by atoms with Crippen LogP contribution in [0.25, 0.3) is 0 Å². The van der Waals surface area contributed by atoms with Crippen LogP contribution in [-0.4, -0.2) is 47.0 Å². The first-order valence-corrected chi connectivity index (χ1v) is 6.87. The number of carbonyl (C=O) groups excluding carboxylic acids is 2. The Balaban J connectivity index is 2.58. The lowest BCUT2D eigenvalue weighted by molar-refractivity contribution is -0.138. The molecule has 1 heterocycles. The van der Waals surface area contributed by atoms with Crippen molar-refractivity contribution in [2.45, 2.75) is 39.2 Å². The number of carbonyl (C=O) groups is 3. The summed E-state index contributed by atoms with van der Waals surface area (Å²) in [4.78, 5) is 35.7. The molecule has 0 aliphatic carbocycles. The van der Waals surface area contributed by atoms with E-state index in [2.05, 4.69) is 5.32 Å². The molecule has 3 amide bonds. The first-order valence-electron chi connectivity index (χ1n) is 6.87. The summed E-state index contributed by atoms with van der Waals surface area (Å²) in [6, 6.07) is -1.06. The number of urea groups is 1. The van der Waals surface area contributed by atoms with E-state index in [1.807, 2.05) is 0 Å². The predicted molar refractivity (Wildman–Crippen MR) is 72.9 cm³/mol. The molecule has 114 valence electrons. The normalized spacial score (nSPS) is 20.6. The van der Waals surface area contributed by atoms with Gasteiger partial charge in [0, 0.05) is 19.5 Å². The lowest BCUT2D eigenvalue weighted by Crippen LogP contribution is -2.54. The zero-order valence-electron chi connectivity index (χ0n) is 12.0. The summed E-state index contributed by atoms with van der Waals surface area (Å²) >= 11 is 0. The maximum Gasteiger partial charge on any atom is 0.318 e. The molecule has 0 radical (unpaired) electrons. The van der Waals surface area contributed by atoms with Crippen LogP contribution in [0.5, 0.6) is 0 Å². The lowest BCUT2D eigenvalue weighted by Gasteiger charge is -2.33. The van der Waals surface area contributed by atoms with Crippen molar-refractivity contribution in [3.05, 3.63) is 0 Å². The lowest BCUT2D eigenvalue weighted by atomic mass is 9.95. The van der Waals surface area contributed by atoms with E-state index >= 15 is 0 Å². The van der Waals surface area contributed by atoms with Gasteiger partial charge in [0.05, 0.1) is 0 Å². The van der Waals surface area contributed by atoms with Gasteiger partial charge in [0.15, 0.2) is 0 Å². The van der Waals surface area contributed by atoms with Crippen LogP contribution in [0.15, 0.2) is 0 Å². The number of nitrogens with one attached hydrogen (secondary N) is 1. The number of carboxylic acids is 1. The summed E-state index contributed by atoms with van der Waals surface area (Å²) < 4.78 is 0. The number of piperidine rings is 1. The van der Waals surface area contributed by atoms with Crippen molar-refractivity contribution in [1.82, 2.24) is 10.2 Å². The predicted octanol–water partition coefficient (Wildman–Crippen LogP) is 0.393. The number of likely N-dealkylation sites (tertiary alicyclic amines) is 1. The fourth-order valence-corrected chi connectivity index (χ4v) is 2.45. The van der Waals surface area contributed by atoms with Gasteiger partial charge in [-0.1, -0.05) is 13.8 Å². The average molecular weight is 285 g/mol. The molecule has 1 saturated heterocycles. The van der Waals surface area contributed by atoms with Crippen molar-refractivity contribution < 1.29 is 19.5 Å². The Labute approximate surface area is 118 Å². The number of primary amides is 1. The number of rotatable bonds is 5. The third-order valence-corrected chi connectivity index (χ3v) is 3.52. The SMILES string of the molecule is CC(C)C(NC(=O)N1CCCC(CC(=O)O)C1)C(N)=O. The van der Waals surface area contributed by atoms with Gasteiger partial charge in [-0.3, -0.25) is 9.59 Å². The Hall–Kier alpha value is -1.79. The van der Waals surface area contributed by atoms with Gasteiger partial charge in [0.1, 0.15) is 6.04 Å². The van der Waals surface area contributed by atoms with Gasteiger partial charge >= 0.3 is 12.0 Å². The Bertz CT molecular complexity index is 384. The van der Waals surface area contributed by atoms with Crippen molar-refractivity contribution in [3.8, 4) is 0 Å². The van der Waals surface area contributed by atoms with Crippen LogP contribution in [0.2, 0.25) is 0 Å². The molecule has 2 atom stereocenters. The molecular formula is C13H23N3O4. The fraction of sp³-hybridized carbons (Fsp3) is 0.769. The van der Waals surface area contributed by atoms with Gasteiger partial charge in [-0.2, -0.15) is 0 Å². The standard InChI is InChI=1S/C13H23N3O4/c1-8(2)11(12(14)19)15-13(20)16-5-3-4-9(7-16)6-10(17)18/h8-9,11H,3-7H2,1-2H3,(H2,14,19)(H,15,20)(H,17,18). The number of hydrogen-bond acceptors (Lipinski definition) is 3. The van der Waals surface area contributed by atoms with E-state index in [0.29, 0.717) is 13.1 Å². The number of hydrogen-bond donors (Lipinski definition) is 3. The minimum Gasteiger partial charge on any atom is -0.481 e. The zero-order valence-corrected chi connectivity index (χ0v) is 12.0. The van der Waals surface area contributed by atoms with Crippen molar-refractivity contribution in [2.75, 3.05) is 13.1 Å². The van der Waals surface area contributed by atoms with Gasteiger partial charge in [-0.05, 0) is 24.7 Å². The zero-order chi connectivity index (χ0) is 15.3. The van der Waals surface area contributed by atoms with Crippen LogP contribution in [0.4, 0.5) is 4.79 Å². The fourth-order valence-electron chi connectivity index (χ4n) is 2.45. The number of nitrogens with two attached hydrogens (primary N) is 1. The molecular weight excluding hydrogens is 262 g/mol. The molecule has 1 fully saturated rings. The molecule has 0 aromatic rings. The molecule has 0 saturated carbocycles. The number of aliphatic carboxylic acids is 1. The second-order valence-corrected chi connectivity index (χ2v) is 5.63. The first kappa shape index (κ1) is 16.3. The average Bonchev–Trinajstić information content (AvgIpc) is 2.34. The summed E-state index contributed by atoms with van der Waals surface area (Å²) in [5, 5.41) is 11.4. The molecule has 7 heteroatoms. The molecule has 0 aromatic heterocycles. The molecule has 0 spiro atoms. The third kappa shape index (κ3) is 4.71. The molecule has 2 unspecified atom stereocenters. The highest BCUT2D eigenvalue weighted by atomic mass is 16.4. The largest absolute Gasteiger partial charge is 0.481 e. The molecule has 0 bridgehead atoms. The topological polar surface area (TPSA) is 113 Å². The number of carboxylic acid groups (broad SMARTS) is 1. The van der Waals surface area contributed by atoms with E-state index in [9.17, 15) is 14.4 Å². The molecule has 1 aliphatic heterocycles. The van der Waals surface area contributed by atoms with E-state index in [1.54, 1.807) is 18.7 Å². The third-order valence-electron chi connectivity index (χ3n) is 3.52. The first-order chi connectivity index (χ1) is 9.31. The second kappa shape index (κ2) is 7.12. The van der Waals surface area contributed by atoms with Crippen molar-refractivity contribution >= 4 is 17.9 Å². The van der Waals surface area contributed by atoms with E-state index in [4.69, 9.17) is 10.8 Å². The van der Waals surface area contributed by atoms with E-state index < -0.39 is 17.9 Å². The van der Waals surface area contributed by atoms with Gasteiger partial charge < -0.3 is 21.1 Å². The molecule has 1 aliphatic rings. The Morgan fingerprint density at radius 2 is 2.05 bits per heavy atom. The van der Waals surface area contributed by atoms with Crippen molar-refractivity contribution in [1.29, 1.82) is 0 Å². The molecule has 4 N–H and O–H groups in total. The number of nitrogens with zero attached hydrogens (tertiary/aromatic N) is 1. The van der Waals surface area contributed by atoms with Crippen LogP contribution in [0.3, 0.4) is 0 Å². The maximum absolute atomic E-state index is 12.1. The van der Waals surface area contributed by atoms with Gasteiger partial charge in [-0.15, -0.1) is 0 Å². The molecule has 0 aromatic carbocycles. The smallest absolute Gasteiger partial charge is 0.318 e. The van der Waals surface area contributed by atoms with Crippen molar-refractivity contribution in [3.63, 3.8) is 0 Å². The highest BCUT2D eigenvalue weighted by molar-refractivity contribution is 5.86. The van der Waals surface area contributed by atoms with E-state index in [-0.39, 0.29) is 24.3 Å². The summed E-state index contributed by atoms with van der Waals surface area (Å²) in [6.45, 7) is 4.59. The Morgan fingerprint density at radius 1 is 1.40 bits per heavy atom. The summed E-state index contributed by atoms with van der Waals surface area (Å²) in [5.74, 6) is -1.53. The Morgan fingerprint density at radius 3 is 2.55 bits per heavy atom. The Kier molecular flexibility index (Phi) is 5.79. The van der Waals surface area contributed by atoms with Crippen LogP contribution >= 0.6 is 0 Å². The quantitative estimate of drug-likeness (QED) is 0.678. The molecule has 20 heavy (non-hydrogen) atoms. The molecule has 7 nitrogen and oxygen atoms in total. The number of amides is 3. The highest BCUT2D eigenvalue weighted by Gasteiger charge is 2.28. The summed E-state index contributed by atoms with van der Waals surface area (Å²) in [5.41, 5.74) is 5.26.